The number of carbonyl (C=O) groups is 1. The molecule has 0 radical (unpaired) electrons. The first kappa shape index (κ1) is 12.2. The van der Waals surface area contributed by atoms with Gasteiger partial charge in [0, 0.05) is 6.42 Å². The fourth-order valence-electron chi connectivity index (χ4n) is 1.41. The van der Waals surface area contributed by atoms with Gasteiger partial charge in [-0.15, -0.1) is 0 Å². The zero-order valence-corrected chi connectivity index (χ0v) is 9.28. The minimum absolute atomic E-state index is 0.145. The lowest BCUT2D eigenvalue weighted by Gasteiger charge is -2.02. The summed E-state index contributed by atoms with van der Waals surface area (Å²) in [4.78, 5) is 14.8. The maximum atomic E-state index is 13.1. The van der Waals surface area contributed by atoms with Gasteiger partial charge in [0.1, 0.15) is 0 Å². The maximum Gasteiger partial charge on any atom is 0.336 e. The number of hydrogen-bond acceptors (Lipinski definition) is 4. The van der Waals surface area contributed by atoms with Gasteiger partial charge in [0.05, 0.1) is 11.1 Å². The Kier molecular flexibility index (Phi) is 3.05. The maximum absolute atomic E-state index is 13.1. The van der Waals surface area contributed by atoms with Crippen LogP contribution in [0.2, 0.25) is 0 Å². The molecule has 94 valence electrons. The van der Waals surface area contributed by atoms with Crippen LogP contribution in [0.4, 0.5) is 8.78 Å². The molecular weight excluding hydrogens is 246 g/mol. The Hall–Kier alpha value is -2.31. The topological polar surface area (TPSA) is 76.2 Å². The third-order valence-electron chi connectivity index (χ3n) is 2.31. The third kappa shape index (κ3) is 2.06. The van der Waals surface area contributed by atoms with Crippen molar-refractivity contribution in [1.29, 1.82) is 0 Å². The quantitative estimate of drug-likeness (QED) is 0.909. The first-order chi connectivity index (χ1) is 8.52. The molecule has 0 unspecified atom stereocenters. The molecule has 1 aromatic heterocycles. The summed E-state index contributed by atoms with van der Waals surface area (Å²) in [5, 5.41) is 12.5. The molecule has 0 saturated heterocycles. The SMILES string of the molecule is CCc1noc(-c2cc(F)c(F)cc2C(=O)O)n1. The van der Waals surface area contributed by atoms with E-state index in [4.69, 9.17) is 9.63 Å². The molecule has 0 amide bonds. The summed E-state index contributed by atoms with van der Waals surface area (Å²) >= 11 is 0. The molecule has 0 saturated carbocycles. The van der Waals surface area contributed by atoms with Crippen molar-refractivity contribution in [1.82, 2.24) is 10.1 Å². The van der Waals surface area contributed by atoms with Crippen molar-refractivity contribution < 1.29 is 23.2 Å². The van der Waals surface area contributed by atoms with E-state index in [1.807, 2.05) is 0 Å². The van der Waals surface area contributed by atoms with E-state index < -0.39 is 23.2 Å². The molecule has 2 aromatic rings. The van der Waals surface area contributed by atoms with Crippen molar-refractivity contribution in [2.24, 2.45) is 0 Å². The highest BCUT2D eigenvalue weighted by Crippen LogP contribution is 2.25. The first-order valence-electron chi connectivity index (χ1n) is 5.08. The standard InChI is InChI=1S/C11H8F2N2O3/c1-2-9-14-10(18-15-9)5-3-7(12)8(13)4-6(5)11(16)17/h3-4H,2H2,1H3,(H,16,17). The van der Waals surface area contributed by atoms with E-state index in [0.717, 1.165) is 6.07 Å². The number of rotatable bonds is 3. The van der Waals surface area contributed by atoms with Crippen LogP contribution in [-0.4, -0.2) is 21.2 Å². The average Bonchev–Trinajstić information content (AvgIpc) is 2.80. The molecule has 1 N–H and O–H groups in total. The van der Waals surface area contributed by atoms with Crippen molar-refractivity contribution in [3.8, 4) is 11.5 Å². The molecule has 5 nitrogen and oxygen atoms in total. The second-order valence-electron chi connectivity index (χ2n) is 3.49. The van der Waals surface area contributed by atoms with E-state index in [9.17, 15) is 13.6 Å². The van der Waals surface area contributed by atoms with Crippen molar-refractivity contribution in [3.05, 3.63) is 35.2 Å². The molecule has 0 spiro atoms. The van der Waals surface area contributed by atoms with Gasteiger partial charge in [-0.3, -0.25) is 0 Å². The van der Waals surface area contributed by atoms with Crippen LogP contribution in [0.1, 0.15) is 23.1 Å². The fraction of sp³-hybridized carbons (Fsp3) is 0.182. The molecule has 0 aliphatic carbocycles. The fourth-order valence-corrected chi connectivity index (χ4v) is 1.41. The van der Waals surface area contributed by atoms with Gasteiger partial charge in [-0.25, -0.2) is 13.6 Å². The molecule has 0 aliphatic rings. The second kappa shape index (κ2) is 4.52. The summed E-state index contributed by atoms with van der Waals surface area (Å²) in [5.74, 6) is -3.62. The van der Waals surface area contributed by atoms with Crippen molar-refractivity contribution in [2.45, 2.75) is 13.3 Å². The van der Waals surface area contributed by atoms with Crippen LogP contribution in [0.15, 0.2) is 16.7 Å². The minimum Gasteiger partial charge on any atom is -0.478 e. The highest BCUT2D eigenvalue weighted by Gasteiger charge is 2.20. The Morgan fingerprint density at radius 2 is 2.06 bits per heavy atom. The van der Waals surface area contributed by atoms with Crippen LogP contribution in [0.25, 0.3) is 11.5 Å². The smallest absolute Gasteiger partial charge is 0.336 e. The van der Waals surface area contributed by atoms with Gasteiger partial charge < -0.3 is 9.63 Å². The summed E-state index contributed by atoms with van der Waals surface area (Å²) < 4.78 is 31.0. The van der Waals surface area contributed by atoms with Gasteiger partial charge in [0.15, 0.2) is 17.5 Å². The number of nitrogens with zero attached hydrogens (tertiary/aromatic N) is 2. The molecule has 0 fully saturated rings. The Labute approximate surface area is 100 Å². The average molecular weight is 254 g/mol. The monoisotopic (exact) mass is 254 g/mol. The summed E-state index contributed by atoms with van der Waals surface area (Å²) in [6.45, 7) is 1.78. The zero-order chi connectivity index (χ0) is 13.3. The minimum atomic E-state index is -1.40. The lowest BCUT2D eigenvalue weighted by atomic mass is 10.1. The molecule has 0 aliphatic heterocycles. The summed E-state index contributed by atoms with van der Waals surface area (Å²) in [6, 6.07) is 1.31. The number of aromatic carboxylic acids is 1. The molecule has 1 heterocycles. The number of aryl methyl sites for hydroxylation is 1. The van der Waals surface area contributed by atoms with Gasteiger partial charge in [-0.1, -0.05) is 12.1 Å². The molecular formula is C11H8F2N2O3. The highest BCUT2D eigenvalue weighted by molar-refractivity contribution is 5.94. The number of benzene rings is 1. The van der Waals surface area contributed by atoms with Crippen LogP contribution in [0, 0.1) is 11.6 Å². The highest BCUT2D eigenvalue weighted by atomic mass is 19.2. The first-order valence-corrected chi connectivity index (χ1v) is 5.08. The Bertz CT molecular complexity index is 610. The largest absolute Gasteiger partial charge is 0.478 e. The second-order valence-corrected chi connectivity index (χ2v) is 3.49. The van der Waals surface area contributed by atoms with E-state index in [1.165, 1.54) is 0 Å². The zero-order valence-electron chi connectivity index (χ0n) is 9.28. The van der Waals surface area contributed by atoms with E-state index in [0.29, 0.717) is 18.3 Å². The lowest BCUT2D eigenvalue weighted by molar-refractivity contribution is 0.0696. The predicted octanol–water partition coefficient (Wildman–Crippen LogP) is 2.28. The number of carboxylic acids is 1. The van der Waals surface area contributed by atoms with Crippen LogP contribution >= 0.6 is 0 Å². The molecule has 7 heteroatoms. The van der Waals surface area contributed by atoms with Crippen LogP contribution < -0.4 is 0 Å². The molecule has 0 bridgehead atoms. The van der Waals surface area contributed by atoms with Gasteiger partial charge in [0.2, 0.25) is 0 Å². The van der Waals surface area contributed by atoms with Gasteiger partial charge >= 0.3 is 5.97 Å². The number of hydrogen-bond donors (Lipinski definition) is 1. The Morgan fingerprint density at radius 3 is 2.61 bits per heavy atom. The molecule has 0 atom stereocenters. The number of halogens is 2. The van der Waals surface area contributed by atoms with E-state index in [-0.39, 0.29) is 11.5 Å². The molecule has 1 aromatic carbocycles. The van der Waals surface area contributed by atoms with Crippen LogP contribution in [0.3, 0.4) is 0 Å². The van der Waals surface area contributed by atoms with Gasteiger partial charge in [-0.2, -0.15) is 4.98 Å². The van der Waals surface area contributed by atoms with Gasteiger partial charge in [0.25, 0.3) is 5.89 Å². The van der Waals surface area contributed by atoms with Crippen LogP contribution in [-0.2, 0) is 6.42 Å². The lowest BCUT2D eigenvalue weighted by Crippen LogP contribution is -2.02. The third-order valence-corrected chi connectivity index (χ3v) is 2.31. The van der Waals surface area contributed by atoms with E-state index in [1.54, 1.807) is 6.92 Å². The van der Waals surface area contributed by atoms with Crippen molar-refractivity contribution in [2.75, 3.05) is 0 Å². The molecule has 2 rings (SSSR count). The normalized spacial score (nSPS) is 10.6. The summed E-state index contributed by atoms with van der Waals surface area (Å²) in [5.41, 5.74) is -0.575. The summed E-state index contributed by atoms with van der Waals surface area (Å²) in [6.07, 6.45) is 0.482. The number of aromatic nitrogens is 2. The van der Waals surface area contributed by atoms with E-state index >= 15 is 0 Å². The molecule has 18 heavy (non-hydrogen) atoms. The summed E-state index contributed by atoms with van der Waals surface area (Å²) in [7, 11) is 0. The van der Waals surface area contributed by atoms with Crippen molar-refractivity contribution in [3.63, 3.8) is 0 Å². The Balaban J connectivity index is 2.61. The predicted molar refractivity (Wildman–Crippen MR) is 56.0 cm³/mol. The van der Waals surface area contributed by atoms with Crippen molar-refractivity contribution >= 4 is 5.97 Å². The van der Waals surface area contributed by atoms with E-state index in [2.05, 4.69) is 10.1 Å². The number of carboxylic acid groups (broad SMARTS) is 1. The van der Waals surface area contributed by atoms with Crippen LogP contribution in [0.5, 0.6) is 0 Å². The van der Waals surface area contributed by atoms with Gasteiger partial charge in [-0.05, 0) is 12.1 Å². The Morgan fingerprint density at radius 1 is 1.39 bits per heavy atom.